The molecule has 2 N–H and O–H groups in total. The Bertz CT molecular complexity index is 615. The van der Waals surface area contributed by atoms with E-state index in [-0.39, 0.29) is 5.69 Å². The van der Waals surface area contributed by atoms with Crippen LogP contribution in [0, 0.1) is 6.92 Å². The number of halogens is 3. The number of hydrogen-bond donors (Lipinski definition) is 1. The zero-order chi connectivity index (χ0) is 14.9. The Hall–Kier alpha value is -1.63. The third kappa shape index (κ3) is 2.49. The van der Waals surface area contributed by atoms with E-state index >= 15 is 0 Å². The van der Waals surface area contributed by atoms with E-state index in [9.17, 15) is 13.2 Å². The summed E-state index contributed by atoms with van der Waals surface area (Å²) in [6, 6.07) is 3.15. The molecule has 20 heavy (non-hydrogen) atoms. The Balaban J connectivity index is 2.50. The van der Waals surface area contributed by atoms with Gasteiger partial charge in [0, 0.05) is 6.20 Å². The number of nitrogens with two attached hydrogens (primary N) is 1. The van der Waals surface area contributed by atoms with Gasteiger partial charge in [-0.1, -0.05) is 11.3 Å². The lowest BCUT2D eigenvalue weighted by molar-refractivity contribution is 0.0415. The molecule has 0 aliphatic heterocycles. The van der Waals surface area contributed by atoms with E-state index in [1.807, 2.05) is 0 Å². The molecule has 2 aromatic rings. The standard InChI is InChI=1S/C13H14F3N3S/c1-7-10(20-12(17)19-7)8-3-4-18-9(5-8)13(2,6-14)11(15)16/h3-5,11H,6H2,1-2H3,(H2,17,19). The van der Waals surface area contributed by atoms with Gasteiger partial charge in [0.15, 0.2) is 5.13 Å². The van der Waals surface area contributed by atoms with Gasteiger partial charge < -0.3 is 5.73 Å². The topological polar surface area (TPSA) is 51.8 Å². The molecule has 0 aliphatic carbocycles. The number of nitrogens with zero attached hydrogens (tertiary/aromatic N) is 2. The molecule has 0 aliphatic rings. The third-order valence-electron chi connectivity index (χ3n) is 3.18. The molecular formula is C13H14F3N3S. The molecule has 7 heteroatoms. The fourth-order valence-electron chi connectivity index (χ4n) is 1.81. The number of anilines is 1. The number of aryl methyl sites for hydroxylation is 1. The molecule has 0 radical (unpaired) electrons. The average Bonchev–Trinajstić information content (AvgIpc) is 2.76. The Morgan fingerprint density at radius 1 is 1.45 bits per heavy atom. The normalized spacial score (nSPS) is 14.5. The van der Waals surface area contributed by atoms with Crippen molar-refractivity contribution in [2.45, 2.75) is 25.7 Å². The summed E-state index contributed by atoms with van der Waals surface area (Å²) < 4.78 is 39.2. The maximum atomic E-state index is 13.1. The van der Waals surface area contributed by atoms with Crippen molar-refractivity contribution in [1.82, 2.24) is 9.97 Å². The van der Waals surface area contributed by atoms with Crippen LogP contribution >= 0.6 is 11.3 Å². The Labute approximate surface area is 118 Å². The van der Waals surface area contributed by atoms with Crippen molar-refractivity contribution in [2.24, 2.45) is 0 Å². The molecule has 3 nitrogen and oxygen atoms in total. The van der Waals surface area contributed by atoms with Crippen LogP contribution in [0.5, 0.6) is 0 Å². The molecule has 0 fully saturated rings. The summed E-state index contributed by atoms with van der Waals surface area (Å²) in [7, 11) is 0. The van der Waals surface area contributed by atoms with Crippen LogP contribution in [0.4, 0.5) is 18.3 Å². The number of pyridine rings is 1. The molecule has 2 aromatic heterocycles. The summed E-state index contributed by atoms with van der Waals surface area (Å²) >= 11 is 1.26. The molecule has 0 aromatic carbocycles. The lowest BCUT2D eigenvalue weighted by atomic mass is 9.87. The summed E-state index contributed by atoms with van der Waals surface area (Å²) in [5.74, 6) is 0. The van der Waals surface area contributed by atoms with Crippen molar-refractivity contribution in [3.05, 3.63) is 29.7 Å². The van der Waals surface area contributed by atoms with Gasteiger partial charge in [0.1, 0.15) is 6.67 Å². The van der Waals surface area contributed by atoms with Crippen LogP contribution in [0.3, 0.4) is 0 Å². The first kappa shape index (κ1) is 14.8. The van der Waals surface area contributed by atoms with Crippen molar-refractivity contribution in [3.8, 4) is 10.4 Å². The first-order chi connectivity index (χ1) is 9.38. The van der Waals surface area contributed by atoms with Crippen molar-refractivity contribution in [1.29, 1.82) is 0 Å². The number of nitrogen functional groups attached to an aromatic ring is 1. The molecule has 2 rings (SSSR count). The van der Waals surface area contributed by atoms with Crippen molar-refractivity contribution < 1.29 is 13.2 Å². The van der Waals surface area contributed by atoms with Gasteiger partial charge in [0.05, 0.1) is 21.7 Å². The molecule has 0 saturated carbocycles. The Kier molecular flexibility index (Phi) is 3.99. The van der Waals surface area contributed by atoms with Crippen LogP contribution < -0.4 is 5.73 Å². The second-order valence-electron chi connectivity index (χ2n) is 4.75. The highest BCUT2D eigenvalue weighted by molar-refractivity contribution is 7.18. The summed E-state index contributed by atoms with van der Waals surface area (Å²) in [5.41, 5.74) is 5.13. The van der Waals surface area contributed by atoms with E-state index in [1.165, 1.54) is 23.6 Å². The van der Waals surface area contributed by atoms with Gasteiger partial charge in [-0.2, -0.15) is 0 Å². The fraction of sp³-hybridized carbons (Fsp3) is 0.385. The molecular weight excluding hydrogens is 287 g/mol. The molecule has 0 spiro atoms. The predicted octanol–water partition coefficient (Wildman–Crippen LogP) is 3.59. The molecule has 0 bridgehead atoms. The molecule has 0 amide bonds. The van der Waals surface area contributed by atoms with Crippen molar-refractivity contribution in [2.75, 3.05) is 12.4 Å². The predicted molar refractivity (Wildman–Crippen MR) is 73.8 cm³/mol. The van der Waals surface area contributed by atoms with Crippen LogP contribution in [0.25, 0.3) is 10.4 Å². The quantitative estimate of drug-likeness (QED) is 0.939. The van der Waals surface area contributed by atoms with Gasteiger partial charge in [0.2, 0.25) is 0 Å². The minimum absolute atomic E-state index is 0.0267. The highest BCUT2D eigenvalue weighted by Crippen LogP contribution is 2.35. The van der Waals surface area contributed by atoms with Crippen LogP contribution in [0.15, 0.2) is 18.3 Å². The number of aromatic nitrogens is 2. The Morgan fingerprint density at radius 3 is 2.65 bits per heavy atom. The van der Waals surface area contributed by atoms with Crippen LogP contribution in [0.1, 0.15) is 18.3 Å². The van der Waals surface area contributed by atoms with Gasteiger partial charge in [-0.25, -0.2) is 18.2 Å². The van der Waals surface area contributed by atoms with Gasteiger partial charge in [-0.3, -0.25) is 4.98 Å². The maximum Gasteiger partial charge on any atom is 0.251 e. The third-order valence-corrected chi connectivity index (χ3v) is 4.22. The first-order valence-corrected chi connectivity index (χ1v) is 6.74. The highest BCUT2D eigenvalue weighted by atomic mass is 32.1. The number of hydrogen-bond acceptors (Lipinski definition) is 4. The zero-order valence-electron chi connectivity index (χ0n) is 11.0. The minimum Gasteiger partial charge on any atom is -0.375 e. The van der Waals surface area contributed by atoms with Crippen LogP contribution in [-0.4, -0.2) is 23.1 Å². The van der Waals surface area contributed by atoms with E-state index in [2.05, 4.69) is 9.97 Å². The van der Waals surface area contributed by atoms with E-state index in [1.54, 1.807) is 13.0 Å². The maximum absolute atomic E-state index is 13.1. The molecule has 1 atom stereocenters. The van der Waals surface area contributed by atoms with Crippen LogP contribution in [-0.2, 0) is 5.41 Å². The number of alkyl halides is 3. The number of rotatable bonds is 4. The summed E-state index contributed by atoms with van der Waals surface area (Å²) in [6.45, 7) is 1.77. The largest absolute Gasteiger partial charge is 0.375 e. The Morgan fingerprint density at radius 2 is 2.15 bits per heavy atom. The van der Waals surface area contributed by atoms with Crippen molar-refractivity contribution >= 4 is 16.5 Å². The highest BCUT2D eigenvalue weighted by Gasteiger charge is 2.38. The SMILES string of the molecule is Cc1nc(N)sc1-c1ccnc(C(C)(CF)C(F)F)c1. The average molecular weight is 301 g/mol. The molecule has 0 saturated heterocycles. The van der Waals surface area contributed by atoms with Gasteiger partial charge in [0.25, 0.3) is 6.43 Å². The smallest absolute Gasteiger partial charge is 0.251 e. The fourth-order valence-corrected chi connectivity index (χ4v) is 2.64. The van der Waals surface area contributed by atoms with E-state index < -0.39 is 18.5 Å². The van der Waals surface area contributed by atoms with Gasteiger partial charge in [-0.15, -0.1) is 0 Å². The summed E-state index contributed by atoms with van der Waals surface area (Å²) in [5, 5.41) is 0.401. The van der Waals surface area contributed by atoms with E-state index in [0.717, 1.165) is 11.8 Å². The van der Waals surface area contributed by atoms with Gasteiger partial charge in [-0.05, 0) is 31.5 Å². The summed E-state index contributed by atoms with van der Waals surface area (Å²) in [6.07, 6.45) is -1.43. The lowest BCUT2D eigenvalue weighted by Gasteiger charge is -2.24. The minimum atomic E-state index is -2.83. The number of thiazole rings is 1. The van der Waals surface area contributed by atoms with Crippen molar-refractivity contribution in [3.63, 3.8) is 0 Å². The molecule has 2 heterocycles. The zero-order valence-corrected chi connectivity index (χ0v) is 11.8. The lowest BCUT2D eigenvalue weighted by Crippen LogP contribution is -2.34. The molecule has 1 unspecified atom stereocenters. The van der Waals surface area contributed by atoms with E-state index in [4.69, 9.17) is 5.73 Å². The second kappa shape index (κ2) is 5.40. The monoisotopic (exact) mass is 301 g/mol. The second-order valence-corrected chi connectivity index (χ2v) is 5.78. The molecule has 108 valence electrons. The van der Waals surface area contributed by atoms with E-state index in [0.29, 0.717) is 16.4 Å². The van der Waals surface area contributed by atoms with Gasteiger partial charge >= 0.3 is 0 Å². The van der Waals surface area contributed by atoms with Crippen LogP contribution in [0.2, 0.25) is 0 Å². The first-order valence-electron chi connectivity index (χ1n) is 5.92. The summed E-state index contributed by atoms with van der Waals surface area (Å²) in [4.78, 5) is 8.77.